The predicted molar refractivity (Wildman–Crippen MR) is 150 cm³/mol. The molecule has 1 aliphatic carbocycles. The Labute approximate surface area is 228 Å². The molecule has 1 heterocycles. The number of halogens is 1. The molecule has 7 heteroatoms. The van der Waals surface area contributed by atoms with Crippen molar-refractivity contribution < 1.29 is 18.7 Å². The number of hydrogen-bond acceptors (Lipinski definition) is 3. The number of fused-ring (bicyclic) bond motifs is 1. The zero-order valence-corrected chi connectivity index (χ0v) is 22.2. The Hall–Kier alpha value is -4.13. The minimum atomic E-state index is -1.13. The summed E-state index contributed by atoms with van der Waals surface area (Å²) in [7, 11) is 1.58. The quantitative estimate of drug-likeness (QED) is 0.277. The first-order valence-electron chi connectivity index (χ1n) is 13.6. The van der Waals surface area contributed by atoms with Gasteiger partial charge in [-0.2, -0.15) is 0 Å². The van der Waals surface area contributed by atoms with E-state index in [-0.39, 0.29) is 36.4 Å². The number of nitrogens with one attached hydrogen (secondary N) is 2. The third-order valence-corrected chi connectivity index (χ3v) is 7.54. The third-order valence-electron chi connectivity index (χ3n) is 7.54. The van der Waals surface area contributed by atoms with Crippen LogP contribution in [-0.4, -0.2) is 34.8 Å². The van der Waals surface area contributed by atoms with Crippen LogP contribution in [0.5, 0.6) is 5.75 Å². The van der Waals surface area contributed by atoms with Gasteiger partial charge in [-0.25, -0.2) is 4.39 Å². The summed E-state index contributed by atoms with van der Waals surface area (Å²) in [6.07, 6.45) is 6.89. The van der Waals surface area contributed by atoms with Gasteiger partial charge in [0, 0.05) is 35.2 Å². The van der Waals surface area contributed by atoms with Gasteiger partial charge in [-0.1, -0.05) is 67.8 Å². The standard InChI is InChI=1S/C32H34FN3O3/c1-39-25-13-9-10-22(18-25)21-36(30(37)19-23-20-34-29-17-8-6-14-26(23)29)31(27-15-5-7-16-28(27)33)32(38)35-24-11-3-2-4-12-24/h5-10,13-18,20,24,31,34H,2-4,11-12,19,21H2,1H3,(H,35,38)/t31-/m1/s1. The number of benzene rings is 3. The molecule has 0 aliphatic heterocycles. The molecule has 0 spiro atoms. The van der Waals surface area contributed by atoms with Crippen molar-refractivity contribution >= 4 is 22.7 Å². The molecule has 39 heavy (non-hydrogen) atoms. The molecule has 0 unspecified atom stereocenters. The maximum Gasteiger partial charge on any atom is 0.247 e. The summed E-state index contributed by atoms with van der Waals surface area (Å²) in [6, 6.07) is 20.3. The molecule has 3 aromatic carbocycles. The van der Waals surface area contributed by atoms with E-state index in [0.29, 0.717) is 5.75 Å². The van der Waals surface area contributed by atoms with E-state index in [2.05, 4.69) is 10.3 Å². The molecule has 1 saturated carbocycles. The molecule has 0 bridgehead atoms. The van der Waals surface area contributed by atoms with E-state index in [1.807, 2.05) is 54.7 Å². The summed E-state index contributed by atoms with van der Waals surface area (Å²) in [6.45, 7) is 0.121. The first-order chi connectivity index (χ1) is 19.0. The number of amides is 2. The summed E-state index contributed by atoms with van der Waals surface area (Å²) < 4.78 is 20.7. The van der Waals surface area contributed by atoms with Crippen molar-refractivity contribution in [2.24, 2.45) is 0 Å². The van der Waals surface area contributed by atoms with Gasteiger partial charge < -0.3 is 19.9 Å². The van der Waals surface area contributed by atoms with Gasteiger partial charge in [0.05, 0.1) is 13.5 Å². The summed E-state index contributed by atoms with van der Waals surface area (Å²) in [4.78, 5) is 32.8. The summed E-state index contributed by atoms with van der Waals surface area (Å²) in [5.74, 6) is -0.501. The number of carbonyl (C=O) groups is 2. The number of hydrogen-bond donors (Lipinski definition) is 2. The molecule has 202 valence electrons. The van der Waals surface area contributed by atoms with Crippen molar-refractivity contribution in [3.63, 3.8) is 0 Å². The van der Waals surface area contributed by atoms with E-state index in [0.717, 1.165) is 54.1 Å². The van der Waals surface area contributed by atoms with Gasteiger partial charge >= 0.3 is 0 Å². The molecule has 5 rings (SSSR count). The molecule has 1 atom stereocenters. The van der Waals surface area contributed by atoms with Crippen LogP contribution in [0.2, 0.25) is 0 Å². The second kappa shape index (κ2) is 12.2. The first-order valence-corrected chi connectivity index (χ1v) is 13.6. The fraction of sp³-hybridized carbons (Fsp3) is 0.312. The number of methoxy groups -OCH3 is 1. The lowest BCUT2D eigenvalue weighted by atomic mass is 9.94. The zero-order valence-electron chi connectivity index (χ0n) is 22.2. The van der Waals surface area contributed by atoms with Crippen molar-refractivity contribution in [3.05, 3.63) is 102 Å². The summed E-state index contributed by atoms with van der Waals surface area (Å²) in [5, 5.41) is 4.09. The topological polar surface area (TPSA) is 74.4 Å². The van der Waals surface area contributed by atoms with Gasteiger partial charge in [0.2, 0.25) is 11.8 Å². The number of para-hydroxylation sites is 1. The number of H-pyrrole nitrogens is 1. The number of ether oxygens (including phenoxy) is 1. The van der Waals surface area contributed by atoms with Gasteiger partial charge in [0.15, 0.2) is 0 Å². The Morgan fingerprint density at radius 1 is 1.03 bits per heavy atom. The Morgan fingerprint density at radius 3 is 2.59 bits per heavy atom. The Kier molecular flexibility index (Phi) is 8.25. The lowest BCUT2D eigenvalue weighted by Crippen LogP contribution is -2.47. The molecule has 2 amide bonds. The maximum absolute atomic E-state index is 15.3. The van der Waals surface area contributed by atoms with Crippen LogP contribution in [0.1, 0.15) is 54.8 Å². The van der Waals surface area contributed by atoms with Crippen molar-refractivity contribution in [1.29, 1.82) is 0 Å². The highest BCUT2D eigenvalue weighted by Gasteiger charge is 2.35. The first kappa shape index (κ1) is 26.5. The second-order valence-electron chi connectivity index (χ2n) is 10.2. The van der Waals surface area contributed by atoms with Crippen LogP contribution in [-0.2, 0) is 22.6 Å². The molecule has 1 aromatic heterocycles. The van der Waals surface area contributed by atoms with Gasteiger partial charge in [0.1, 0.15) is 17.6 Å². The highest BCUT2D eigenvalue weighted by molar-refractivity contribution is 5.92. The molecule has 0 saturated heterocycles. The predicted octanol–water partition coefficient (Wildman–Crippen LogP) is 6.08. The third kappa shape index (κ3) is 6.14. The number of aromatic amines is 1. The Bertz CT molecular complexity index is 1440. The van der Waals surface area contributed by atoms with Crippen LogP contribution < -0.4 is 10.1 Å². The van der Waals surface area contributed by atoms with Crippen LogP contribution in [0.15, 0.2) is 79.0 Å². The van der Waals surface area contributed by atoms with E-state index >= 15 is 4.39 Å². The zero-order chi connectivity index (χ0) is 27.2. The van der Waals surface area contributed by atoms with Crippen molar-refractivity contribution in [2.45, 2.75) is 57.2 Å². The van der Waals surface area contributed by atoms with Crippen LogP contribution in [0.25, 0.3) is 10.9 Å². The van der Waals surface area contributed by atoms with E-state index in [9.17, 15) is 9.59 Å². The highest BCUT2D eigenvalue weighted by atomic mass is 19.1. The average molecular weight is 528 g/mol. The van der Waals surface area contributed by atoms with Crippen LogP contribution in [0.4, 0.5) is 4.39 Å². The normalized spacial score (nSPS) is 14.6. The number of carbonyl (C=O) groups excluding carboxylic acids is 2. The van der Waals surface area contributed by atoms with Crippen LogP contribution in [0, 0.1) is 5.82 Å². The molecular formula is C32H34FN3O3. The summed E-state index contributed by atoms with van der Waals surface area (Å²) >= 11 is 0. The number of nitrogens with zero attached hydrogens (tertiary/aromatic N) is 1. The number of aromatic nitrogens is 1. The van der Waals surface area contributed by atoms with Gasteiger partial charge in [-0.05, 0) is 48.2 Å². The fourth-order valence-corrected chi connectivity index (χ4v) is 5.51. The maximum atomic E-state index is 15.3. The van der Waals surface area contributed by atoms with Gasteiger partial charge in [-0.3, -0.25) is 9.59 Å². The molecule has 1 fully saturated rings. The largest absolute Gasteiger partial charge is 0.497 e. The van der Waals surface area contributed by atoms with Crippen molar-refractivity contribution in [2.75, 3.05) is 7.11 Å². The van der Waals surface area contributed by atoms with Crippen molar-refractivity contribution in [3.8, 4) is 5.75 Å². The van der Waals surface area contributed by atoms with Crippen LogP contribution in [0.3, 0.4) is 0 Å². The monoisotopic (exact) mass is 527 g/mol. The van der Waals surface area contributed by atoms with Crippen LogP contribution >= 0.6 is 0 Å². The molecule has 4 aromatic rings. The Balaban J connectivity index is 1.54. The Morgan fingerprint density at radius 2 is 1.79 bits per heavy atom. The van der Waals surface area contributed by atoms with Crippen molar-refractivity contribution in [1.82, 2.24) is 15.2 Å². The van der Waals surface area contributed by atoms with Gasteiger partial charge in [0.25, 0.3) is 0 Å². The summed E-state index contributed by atoms with van der Waals surface area (Å²) in [5.41, 5.74) is 2.72. The van der Waals surface area contributed by atoms with E-state index in [4.69, 9.17) is 4.74 Å². The van der Waals surface area contributed by atoms with Gasteiger partial charge in [-0.15, -0.1) is 0 Å². The van der Waals surface area contributed by atoms with E-state index < -0.39 is 11.9 Å². The average Bonchev–Trinajstić information content (AvgIpc) is 3.37. The lowest BCUT2D eigenvalue weighted by molar-refractivity contribution is -0.141. The van der Waals surface area contributed by atoms with E-state index in [1.54, 1.807) is 25.3 Å². The minimum absolute atomic E-state index is 0.0166. The molecular weight excluding hydrogens is 493 g/mol. The SMILES string of the molecule is COc1cccc(CN(C(=O)Cc2c[nH]c3ccccc23)[C@@H](C(=O)NC2CCCCC2)c2ccccc2F)c1. The van der Waals surface area contributed by atoms with E-state index in [1.165, 1.54) is 11.0 Å². The second-order valence-corrected chi connectivity index (χ2v) is 10.2. The number of rotatable bonds is 9. The fourth-order valence-electron chi connectivity index (χ4n) is 5.51. The molecule has 1 aliphatic rings. The lowest BCUT2D eigenvalue weighted by Gasteiger charge is -2.34. The highest BCUT2D eigenvalue weighted by Crippen LogP contribution is 2.30. The minimum Gasteiger partial charge on any atom is -0.497 e. The molecule has 2 N–H and O–H groups in total. The molecule has 0 radical (unpaired) electrons. The smallest absolute Gasteiger partial charge is 0.247 e. The molecule has 6 nitrogen and oxygen atoms in total.